The lowest BCUT2D eigenvalue weighted by molar-refractivity contribution is -0.137. The van der Waals surface area contributed by atoms with Gasteiger partial charge in [-0.3, -0.25) is 4.79 Å². The molecule has 0 radical (unpaired) electrons. The Balaban J connectivity index is 2.30. The molecule has 0 bridgehead atoms. The Morgan fingerprint density at radius 1 is 0.947 bits per heavy atom. The number of hydrogen-bond acceptors (Lipinski definition) is 1. The highest BCUT2D eigenvalue weighted by atomic mass is 127. The first kappa shape index (κ1) is 14.0. The number of halogens is 4. The monoisotopic (exact) mass is 376 g/mol. The van der Waals surface area contributed by atoms with E-state index in [2.05, 4.69) is 22.6 Å². The Labute approximate surface area is 121 Å². The zero-order chi connectivity index (χ0) is 14.0. The fraction of sp³-hybridized carbons (Fsp3) is 0.0714. The molecule has 2 rings (SSSR count). The number of hydrogen-bond donors (Lipinski definition) is 0. The highest BCUT2D eigenvalue weighted by Gasteiger charge is 2.30. The van der Waals surface area contributed by atoms with Gasteiger partial charge in [0.05, 0.1) is 5.56 Å². The molecule has 0 aromatic heterocycles. The first-order chi connectivity index (χ1) is 8.88. The van der Waals surface area contributed by atoms with Crippen LogP contribution in [0.4, 0.5) is 13.2 Å². The maximum atomic E-state index is 12.4. The van der Waals surface area contributed by atoms with Crippen molar-refractivity contribution in [1.29, 1.82) is 0 Å². The molecule has 2 aromatic rings. The summed E-state index contributed by atoms with van der Waals surface area (Å²) in [5.41, 5.74) is -0.0478. The lowest BCUT2D eigenvalue weighted by Gasteiger charge is -2.07. The lowest BCUT2D eigenvalue weighted by Crippen LogP contribution is -2.06. The highest BCUT2D eigenvalue weighted by molar-refractivity contribution is 14.1. The fourth-order valence-corrected chi connectivity index (χ4v) is 2.15. The Bertz CT molecular complexity index is 603. The summed E-state index contributed by atoms with van der Waals surface area (Å²) in [5.74, 6) is -0.285. The van der Waals surface area contributed by atoms with Crippen molar-refractivity contribution in [3.63, 3.8) is 0 Å². The lowest BCUT2D eigenvalue weighted by atomic mass is 10.0. The third-order valence-corrected chi connectivity index (χ3v) is 3.23. The summed E-state index contributed by atoms with van der Waals surface area (Å²) in [5, 5.41) is 0. The molecule has 0 aliphatic rings. The van der Waals surface area contributed by atoms with E-state index in [0.29, 0.717) is 5.56 Å². The maximum absolute atomic E-state index is 12.4. The average molecular weight is 376 g/mol. The number of benzene rings is 2. The molecule has 0 unspecified atom stereocenters. The van der Waals surface area contributed by atoms with Gasteiger partial charge in [0, 0.05) is 14.7 Å². The van der Waals surface area contributed by atoms with Crippen LogP contribution in [0.2, 0.25) is 0 Å². The zero-order valence-electron chi connectivity index (χ0n) is 9.54. The molecule has 5 heteroatoms. The van der Waals surface area contributed by atoms with Crippen LogP contribution in [0.25, 0.3) is 0 Å². The second kappa shape index (κ2) is 5.32. The smallest absolute Gasteiger partial charge is 0.289 e. The maximum Gasteiger partial charge on any atom is 0.416 e. The van der Waals surface area contributed by atoms with E-state index in [4.69, 9.17) is 0 Å². The molecule has 0 aliphatic carbocycles. The first-order valence-corrected chi connectivity index (χ1v) is 6.43. The van der Waals surface area contributed by atoms with Crippen LogP contribution in [0.3, 0.4) is 0 Å². The SMILES string of the molecule is O=C(c1ccc(C(F)(F)F)cc1)c1cccc(I)c1. The van der Waals surface area contributed by atoms with E-state index in [1.807, 2.05) is 6.07 Å². The van der Waals surface area contributed by atoms with Crippen LogP contribution in [0.1, 0.15) is 21.5 Å². The standard InChI is InChI=1S/C14H8F3IO/c15-14(16,17)11-6-4-9(5-7-11)13(19)10-2-1-3-12(18)8-10/h1-8H. The van der Waals surface area contributed by atoms with E-state index >= 15 is 0 Å². The van der Waals surface area contributed by atoms with Gasteiger partial charge < -0.3 is 0 Å². The quantitative estimate of drug-likeness (QED) is 0.556. The molecule has 2 aromatic carbocycles. The Kier molecular flexibility index (Phi) is 3.93. The van der Waals surface area contributed by atoms with E-state index in [1.165, 1.54) is 12.1 Å². The number of carbonyl (C=O) groups is 1. The molecule has 0 aliphatic heterocycles. The van der Waals surface area contributed by atoms with Gasteiger partial charge in [-0.25, -0.2) is 0 Å². The molecule has 0 heterocycles. The van der Waals surface area contributed by atoms with Crippen molar-refractivity contribution in [3.8, 4) is 0 Å². The van der Waals surface area contributed by atoms with Crippen LogP contribution in [0.5, 0.6) is 0 Å². The summed E-state index contributed by atoms with van der Waals surface area (Å²) in [7, 11) is 0. The van der Waals surface area contributed by atoms with Gasteiger partial charge in [-0.2, -0.15) is 13.2 Å². The topological polar surface area (TPSA) is 17.1 Å². The summed E-state index contributed by atoms with van der Waals surface area (Å²) in [6.45, 7) is 0. The van der Waals surface area contributed by atoms with Crippen molar-refractivity contribution < 1.29 is 18.0 Å². The van der Waals surface area contributed by atoms with Gasteiger partial charge in [0.2, 0.25) is 0 Å². The molecular formula is C14H8F3IO. The number of carbonyl (C=O) groups excluding carboxylic acids is 1. The van der Waals surface area contributed by atoms with Crippen molar-refractivity contribution in [1.82, 2.24) is 0 Å². The number of alkyl halides is 3. The van der Waals surface area contributed by atoms with E-state index in [0.717, 1.165) is 15.7 Å². The molecule has 0 N–H and O–H groups in total. The Hall–Kier alpha value is -1.37. The van der Waals surface area contributed by atoms with Crippen LogP contribution in [0, 0.1) is 3.57 Å². The molecule has 0 saturated carbocycles. The van der Waals surface area contributed by atoms with Gasteiger partial charge in [-0.05, 0) is 46.9 Å². The van der Waals surface area contributed by atoms with Crippen molar-refractivity contribution in [3.05, 3.63) is 68.8 Å². The number of rotatable bonds is 2. The Morgan fingerprint density at radius 2 is 1.58 bits per heavy atom. The van der Waals surface area contributed by atoms with Crippen LogP contribution < -0.4 is 0 Å². The Morgan fingerprint density at radius 3 is 2.11 bits per heavy atom. The predicted molar refractivity (Wildman–Crippen MR) is 74.0 cm³/mol. The van der Waals surface area contributed by atoms with Crippen LogP contribution in [-0.4, -0.2) is 5.78 Å². The highest BCUT2D eigenvalue weighted by Crippen LogP contribution is 2.29. The summed E-state index contributed by atoms with van der Waals surface area (Å²) < 4.78 is 38.1. The molecule has 0 atom stereocenters. The average Bonchev–Trinajstić information content (AvgIpc) is 2.37. The molecule has 0 amide bonds. The molecule has 1 nitrogen and oxygen atoms in total. The van der Waals surface area contributed by atoms with Gasteiger partial charge in [0.25, 0.3) is 0 Å². The molecule has 0 fully saturated rings. The molecule has 98 valence electrons. The van der Waals surface area contributed by atoms with Crippen molar-refractivity contribution >= 4 is 28.4 Å². The van der Waals surface area contributed by atoms with E-state index in [9.17, 15) is 18.0 Å². The third-order valence-electron chi connectivity index (χ3n) is 2.56. The minimum Gasteiger partial charge on any atom is -0.289 e. The van der Waals surface area contributed by atoms with Gasteiger partial charge in [-0.1, -0.05) is 24.3 Å². The summed E-state index contributed by atoms with van der Waals surface area (Å²) in [6.07, 6.45) is -4.39. The first-order valence-electron chi connectivity index (χ1n) is 5.35. The summed E-state index contributed by atoms with van der Waals surface area (Å²) >= 11 is 2.07. The zero-order valence-corrected chi connectivity index (χ0v) is 11.7. The second-order valence-electron chi connectivity index (χ2n) is 3.91. The summed E-state index contributed by atoms with van der Waals surface area (Å²) in [4.78, 5) is 12.1. The second-order valence-corrected chi connectivity index (χ2v) is 5.16. The van der Waals surface area contributed by atoms with Crippen molar-refractivity contribution in [2.24, 2.45) is 0 Å². The van der Waals surface area contributed by atoms with E-state index in [1.54, 1.807) is 18.2 Å². The van der Waals surface area contributed by atoms with Crippen LogP contribution in [0.15, 0.2) is 48.5 Å². The minimum atomic E-state index is -4.39. The van der Waals surface area contributed by atoms with E-state index in [-0.39, 0.29) is 11.3 Å². The van der Waals surface area contributed by atoms with Gasteiger partial charge in [0.1, 0.15) is 0 Å². The van der Waals surface area contributed by atoms with Gasteiger partial charge in [0.15, 0.2) is 5.78 Å². The van der Waals surface area contributed by atoms with E-state index < -0.39 is 11.7 Å². The van der Waals surface area contributed by atoms with Crippen molar-refractivity contribution in [2.45, 2.75) is 6.18 Å². The van der Waals surface area contributed by atoms with Crippen molar-refractivity contribution in [2.75, 3.05) is 0 Å². The van der Waals surface area contributed by atoms with Gasteiger partial charge in [-0.15, -0.1) is 0 Å². The summed E-state index contributed by atoms with van der Waals surface area (Å²) in [6, 6.07) is 11.1. The largest absolute Gasteiger partial charge is 0.416 e. The molecule has 0 spiro atoms. The predicted octanol–water partition coefficient (Wildman–Crippen LogP) is 4.54. The molecular weight excluding hydrogens is 368 g/mol. The third kappa shape index (κ3) is 3.34. The fourth-order valence-electron chi connectivity index (χ4n) is 1.61. The molecule has 19 heavy (non-hydrogen) atoms. The minimum absolute atomic E-state index is 0.245. The molecule has 0 saturated heterocycles. The van der Waals surface area contributed by atoms with Crippen LogP contribution >= 0.6 is 22.6 Å². The number of ketones is 1. The van der Waals surface area contributed by atoms with Gasteiger partial charge >= 0.3 is 6.18 Å². The van der Waals surface area contributed by atoms with Crippen LogP contribution in [-0.2, 0) is 6.18 Å². The normalized spacial score (nSPS) is 11.4.